The third kappa shape index (κ3) is 4.32. The van der Waals surface area contributed by atoms with Gasteiger partial charge < -0.3 is 19.6 Å². The maximum absolute atomic E-state index is 12.0. The van der Waals surface area contributed by atoms with E-state index in [1.807, 2.05) is 24.3 Å². The van der Waals surface area contributed by atoms with Crippen molar-refractivity contribution in [2.75, 3.05) is 13.7 Å². The number of phenols is 1. The zero-order valence-electron chi connectivity index (χ0n) is 16.1. The summed E-state index contributed by atoms with van der Waals surface area (Å²) in [6, 6.07) is 11.1. The van der Waals surface area contributed by atoms with Gasteiger partial charge in [0.1, 0.15) is 18.0 Å². The highest BCUT2D eigenvalue weighted by Crippen LogP contribution is 2.35. The van der Waals surface area contributed by atoms with Crippen LogP contribution in [0.1, 0.15) is 30.0 Å². The average Bonchev–Trinajstić information content (AvgIpc) is 2.69. The molecule has 1 aromatic heterocycles. The SMILES string of the molecule is CCCc1cc(=O)oc2c(C[NH2+]CCc3ccccc3OC)c(O)c(Cl)cc12. The van der Waals surface area contributed by atoms with E-state index in [2.05, 4.69) is 12.2 Å². The van der Waals surface area contributed by atoms with Gasteiger partial charge in [0.15, 0.2) is 5.58 Å². The zero-order valence-corrected chi connectivity index (χ0v) is 16.9. The van der Waals surface area contributed by atoms with Gasteiger partial charge >= 0.3 is 5.63 Å². The average molecular weight is 403 g/mol. The summed E-state index contributed by atoms with van der Waals surface area (Å²) in [5.41, 5.74) is 2.58. The standard InChI is InChI=1S/C22H24ClNO4/c1-3-6-15-11-20(25)28-22-16(15)12-18(23)21(26)17(22)13-24-10-9-14-7-4-5-8-19(14)27-2/h4-5,7-8,11-12,24,26H,3,6,9-10,13H2,1-2H3/p+1. The van der Waals surface area contributed by atoms with E-state index in [1.165, 1.54) is 6.07 Å². The number of halogens is 1. The van der Waals surface area contributed by atoms with Crippen molar-refractivity contribution in [1.82, 2.24) is 0 Å². The van der Waals surface area contributed by atoms with E-state index < -0.39 is 5.63 Å². The summed E-state index contributed by atoms with van der Waals surface area (Å²) in [4.78, 5) is 12.0. The van der Waals surface area contributed by atoms with Crippen molar-refractivity contribution < 1.29 is 19.6 Å². The zero-order chi connectivity index (χ0) is 20.1. The normalized spacial score (nSPS) is 11.1. The predicted octanol–water partition coefficient (Wildman–Crippen LogP) is 3.42. The second kappa shape index (κ2) is 9.13. The van der Waals surface area contributed by atoms with Crippen molar-refractivity contribution in [2.24, 2.45) is 0 Å². The lowest BCUT2D eigenvalue weighted by Crippen LogP contribution is -2.83. The fraction of sp³-hybridized carbons (Fsp3) is 0.318. The van der Waals surface area contributed by atoms with E-state index >= 15 is 0 Å². The summed E-state index contributed by atoms with van der Waals surface area (Å²) in [7, 11) is 1.66. The molecule has 0 amide bonds. The Morgan fingerprint density at radius 3 is 2.71 bits per heavy atom. The molecule has 6 heteroatoms. The Labute approximate surface area is 168 Å². The third-order valence-corrected chi connectivity index (χ3v) is 5.11. The number of methoxy groups -OCH3 is 1. The van der Waals surface area contributed by atoms with Crippen molar-refractivity contribution in [3.63, 3.8) is 0 Å². The first-order valence-electron chi connectivity index (χ1n) is 9.45. The molecule has 2 aromatic carbocycles. The number of phenolic OH excluding ortho intramolecular Hbond substituents is 1. The molecular formula is C22H25ClNO4+. The fourth-order valence-electron chi connectivity index (χ4n) is 3.46. The number of aryl methyl sites for hydroxylation is 1. The molecule has 0 fully saturated rings. The lowest BCUT2D eigenvalue weighted by Gasteiger charge is -2.12. The molecule has 0 bridgehead atoms. The maximum Gasteiger partial charge on any atom is 0.336 e. The number of quaternary nitrogens is 1. The number of rotatable bonds is 8. The van der Waals surface area contributed by atoms with Crippen LogP contribution in [-0.4, -0.2) is 18.8 Å². The Morgan fingerprint density at radius 2 is 1.96 bits per heavy atom. The van der Waals surface area contributed by atoms with Crippen molar-refractivity contribution in [3.8, 4) is 11.5 Å². The van der Waals surface area contributed by atoms with Crippen molar-refractivity contribution in [1.29, 1.82) is 0 Å². The van der Waals surface area contributed by atoms with Crippen LogP contribution in [-0.2, 0) is 19.4 Å². The van der Waals surface area contributed by atoms with Crippen LogP contribution >= 0.6 is 11.6 Å². The molecule has 0 radical (unpaired) electrons. The first-order valence-corrected chi connectivity index (χ1v) is 9.83. The Kier molecular flexibility index (Phi) is 6.60. The third-order valence-electron chi connectivity index (χ3n) is 4.82. The quantitative estimate of drug-likeness (QED) is 0.447. The summed E-state index contributed by atoms with van der Waals surface area (Å²) in [5.74, 6) is 0.835. The molecule has 0 aliphatic carbocycles. The molecular weight excluding hydrogens is 378 g/mol. The minimum atomic E-state index is -0.409. The highest BCUT2D eigenvalue weighted by Gasteiger charge is 2.18. The second-order valence-corrected chi connectivity index (χ2v) is 7.15. The lowest BCUT2D eigenvalue weighted by molar-refractivity contribution is -0.670. The van der Waals surface area contributed by atoms with Gasteiger partial charge in [-0.15, -0.1) is 0 Å². The molecule has 1 heterocycles. The summed E-state index contributed by atoms with van der Waals surface area (Å²) in [5, 5.41) is 13.6. The Balaban J connectivity index is 1.84. The molecule has 0 saturated heterocycles. The number of para-hydroxylation sites is 1. The molecule has 0 aliphatic rings. The molecule has 0 atom stereocenters. The largest absolute Gasteiger partial charge is 0.506 e. The van der Waals surface area contributed by atoms with E-state index in [0.717, 1.165) is 48.1 Å². The highest BCUT2D eigenvalue weighted by molar-refractivity contribution is 6.33. The van der Waals surface area contributed by atoms with Gasteiger partial charge in [-0.2, -0.15) is 0 Å². The molecule has 3 rings (SSSR count). The molecule has 28 heavy (non-hydrogen) atoms. The molecule has 3 N–H and O–H groups in total. The molecule has 0 spiro atoms. The van der Waals surface area contributed by atoms with Gasteiger partial charge in [0.25, 0.3) is 0 Å². The monoisotopic (exact) mass is 402 g/mol. The maximum atomic E-state index is 12.0. The lowest BCUT2D eigenvalue weighted by atomic mass is 10.0. The second-order valence-electron chi connectivity index (χ2n) is 6.75. The van der Waals surface area contributed by atoms with Crippen LogP contribution in [0.25, 0.3) is 11.0 Å². The molecule has 5 nitrogen and oxygen atoms in total. The van der Waals surface area contributed by atoms with Gasteiger partial charge in [-0.1, -0.05) is 43.1 Å². The number of hydrogen-bond acceptors (Lipinski definition) is 4. The van der Waals surface area contributed by atoms with Crippen molar-refractivity contribution >= 4 is 22.6 Å². The first-order chi connectivity index (χ1) is 13.5. The Hall–Kier alpha value is -2.50. The minimum absolute atomic E-state index is 0.0282. The van der Waals surface area contributed by atoms with Gasteiger partial charge in [-0.3, -0.25) is 0 Å². The fourth-order valence-corrected chi connectivity index (χ4v) is 3.68. The molecule has 148 valence electrons. The Bertz CT molecular complexity index is 1030. The summed E-state index contributed by atoms with van der Waals surface area (Å²) >= 11 is 6.25. The van der Waals surface area contributed by atoms with Gasteiger partial charge in [-0.25, -0.2) is 4.79 Å². The van der Waals surface area contributed by atoms with Crippen LogP contribution in [0.4, 0.5) is 0 Å². The number of nitrogens with two attached hydrogens (primary N) is 1. The number of aromatic hydroxyl groups is 1. The van der Waals surface area contributed by atoms with Gasteiger partial charge in [0.2, 0.25) is 0 Å². The van der Waals surface area contributed by atoms with E-state index in [9.17, 15) is 9.90 Å². The topological polar surface area (TPSA) is 76.3 Å². The summed E-state index contributed by atoms with van der Waals surface area (Å²) in [6.45, 7) is 3.29. The highest BCUT2D eigenvalue weighted by atomic mass is 35.5. The summed E-state index contributed by atoms with van der Waals surface area (Å²) < 4.78 is 10.8. The van der Waals surface area contributed by atoms with Crippen LogP contribution in [0.2, 0.25) is 5.02 Å². The number of hydrogen-bond donors (Lipinski definition) is 2. The Morgan fingerprint density at radius 1 is 1.18 bits per heavy atom. The van der Waals surface area contributed by atoms with Crippen molar-refractivity contribution in [3.05, 3.63) is 68.5 Å². The summed E-state index contributed by atoms with van der Waals surface area (Å²) in [6.07, 6.45) is 2.46. The minimum Gasteiger partial charge on any atom is -0.506 e. The molecule has 3 aromatic rings. The van der Waals surface area contributed by atoms with Crippen LogP contribution in [0.5, 0.6) is 11.5 Å². The number of benzene rings is 2. The van der Waals surface area contributed by atoms with Crippen LogP contribution < -0.4 is 15.7 Å². The van der Waals surface area contributed by atoms with Crippen LogP contribution in [0, 0.1) is 0 Å². The molecule has 0 saturated carbocycles. The van der Waals surface area contributed by atoms with Gasteiger partial charge in [0.05, 0.1) is 24.2 Å². The van der Waals surface area contributed by atoms with E-state index in [-0.39, 0.29) is 10.8 Å². The van der Waals surface area contributed by atoms with E-state index in [0.29, 0.717) is 17.7 Å². The first kappa shape index (κ1) is 20.2. The van der Waals surface area contributed by atoms with Crippen LogP contribution in [0.3, 0.4) is 0 Å². The van der Waals surface area contributed by atoms with Gasteiger partial charge in [-0.05, 0) is 29.7 Å². The predicted molar refractivity (Wildman–Crippen MR) is 110 cm³/mol. The van der Waals surface area contributed by atoms with Gasteiger partial charge in [0, 0.05) is 17.9 Å². The van der Waals surface area contributed by atoms with E-state index in [1.54, 1.807) is 13.2 Å². The van der Waals surface area contributed by atoms with E-state index in [4.69, 9.17) is 20.8 Å². The number of ether oxygens (including phenoxy) is 1. The smallest absolute Gasteiger partial charge is 0.336 e. The van der Waals surface area contributed by atoms with Crippen LogP contribution in [0.15, 0.2) is 45.6 Å². The van der Waals surface area contributed by atoms with Crippen molar-refractivity contribution in [2.45, 2.75) is 32.7 Å². The number of fused-ring (bicyclic) bond motifs is 1. The molecule has 0 aliphatic heterocycles. The molecule has 0 unspecified atom stereocenters.